The number of hydrogen-bond donors (Lipinski definition) is 3. The lowest BCUT2D eigenvalue weighted by molar-refractivity contribution is -0.127. The molecule has 1 saturated heterocycles. The van der Waals surface area contributed by atoms with Gasteiger partial charge in [-0.25, -0.2) is 14.5 Å². The standard InChI is InChI=1S/C27H25BrN4O5S/c1-14-11-16(15(2)32(14)25-23(26(35)36)19-5-3-4-6-21(19)38-25)12-20-24(34)31(27(37)30-20)13-22(33)29-18-9-7-17(28)8-10-18/h7-12H,3-6,13H2,1-2H3,(H,29,33)(H,30,37)(H,35,36)/b20-12-. The Labute approximate surface area is 231 Å². The summed E-state index contributed by atoms with van der Waals surface area (Å²) < 4.78 is 2.76. The number of anilines is 1. The molecule has 2 aliphatic rings. The highest BCUT2D eigenvalue weighted by atomic mass is 79.9. The van der Waals surface area contributed by atoms with Crippen molar-refractivity contribution in [2.45, 2.75) is 39.5 Å². The molecule has 38 heavy (non-hydrogen) atoms. The van der Waals surface area contributed by atoms with Gasteiger partial charge in [0.2, 0.25) is 5.91 Å². The predicted octanol–water partition coefficient (Wildman–Crippen LogP) is 5.03. The molecule has 3 heterocycles. The summed E-state index contributed by atoms with van der Waals surface area (Å²) in [6.45, 7) is 3.31. The van der Waals surface area contributed by atoms with E-state index >= 15 is 0 Å². The highest BCUT2D eigenvalue weighted by Gasteiger charge is 2.35. The van der Waals surface area contributed by atoms with Crippen LogP contribution in [0.1, 0.15) is 50.6 Å². The molecule has 5 rings (SSSR count). The molecule has 0 unspecified atom stereocenters. The molecule has 11 heteroatoms. The maximum absolute atomic E-state index is 13.0. The molecule has 1 aromatic carbocycles. The van der Waals surface area contributed by atoms with Crippen LogP contribution in [0.4, 0.5) is 10.5 Å². The zero-order chi connectivity index (χ0) is 27.1. The summed E-state index contributed by atoms with van der Waals surface area (Å²) >= 11 is 4.83. The molecule has 0 radical (unpaired) electrons. The van der Waals surface area contributed by atoms with Crippen LogP contribution in [0, 0.1) is 13.8 Å². The van der Waals surface area contributed by atoms with Gasteiger partial charge in [-0.3, -0.25) is 9.59 Å². The van der Waals surface area contributed by atoms with Crippen LogP contribution in [0.25, 0.3) is 11.1 Å². The molecule has 196 valence electrons. The lowest BCUT2D eigenvalue weighted by Gasteiger charge is -2.12. The third-order valence-electron chi connectivity index (χ3n) is 6.73. The number of fused-ring (bicyclic) bond motifs is 1. The Balaban J connectivity index is 1.40. The third kappa shape index (κ3) is 4.79. The number of carboxylic acid groups (broad SMARTS) is 1. The summed E-state index contributed by atoms with van der Waals surface area (Å²) in [6, 6.07) is 8.12. The van der Waals surface area contributed by atoms with Gasteiger partial charge in [0.05, 0.1) is 5.56 Å². The topological polar surface area (TPSA) is 121 Å². The second-order valence-corrected chi connectivity index (χ2v) is 11.3. The number of hydrogen-bond acceptors (Lipinski definition) is 5. The Bertz CT molecular complexity index is 1520. The number of aromatic carboxylic acids is 1. The average Bonchev–Trinajstić information content (AvgIpc) is 3.47. The Morgan fingerprint density at radius 3 is 2.58 bits per heavy atom. The number of urea groups is 1. The molecule has 1 fully saturated rings. The number of aromatic nitrogens is 1. The van der Waals surface area contributed by atoms with Gasteiger partial charge in [-0.1, -0.05) is 15.9 Å². The number of halogens is 1. The normalized spacial score (nSPS) is 16.1. The van der Waals surface area contributed by atoms with Crippen LogP contribution in [0.3, 0.4) is 0 Å². The summed E-state index contributed by atoms with van der Waals surface area (Å²) in [5, 5.41) is 15.9. The fourth-order valence-electron chi connectivity index (χ4n) is 4.92. The molecular formula is C27H25BrN4O5S. The van der Waals surface area contributed by atoms with E-state index in [-0.39, 0.29) is 5.70 Å². The summed E-state index contributed by atoms with van der Waals surface area (Å²) in [5.74, 6) is -2.05. The second kappa shape index (κ2) is 10.2. The third-order valence-corrected chi connectivity index (χ3v) is 8.54. The number of benzene rings is 1. The van der Waals surface area contributed by atoms with E-state index in [4.69, 9.17) is 0 Å². The summed E-state index contributed by atoms with van der Waals surface area (Å²) in [7, 11) is 0. The van der Waals surface area contributed by atoms with Gasteiger partial charge in [0.15, 0.2) is 0 Å². The summed E-state index contributed by atoms with van der Waals surface area (Å²) in [5.41, 5.74) is 4.11. The first kappa shape index (κ1) is 25.9. The molecule has 0 spiro atoms. The van der Waals surface area contributed by atoms with Gasteiger partial charge in [-0.2, -0.15) is 0 Å². The van der Waals surface area contributed by atoms with Crippen molar-refractivity contribution >= 4 is 62.8 Å². The van der Waals surface area contributed by atoms with Crippen LogP contribution in [-0.4, -0.2) is 44.9 Å². The fourth-order valence-corrected chi connectivity index (χ4v) is 6.68. The van der Waals surface area contributed by atoms with Crippen molar-refractivity contribution in [2.24, 2.45) is 0 Å². The molecule has 1 aliphatic heterocycles. The number of rotatable bonds is 6. The van der Waals surface area contributed by atoms with Gasteiger partial charge in [-0.15, -0.1) is 11.3 Å². The van der Waals surface area contributed by atoms with Crippen molar-refractivity contribution < 1.29 is 24.3 Å². The van der Waals surface area contributed by atoms with Crippen molar-refractivity contribution in [3.8, 4) is 5.00 Å². The van der Waals surface area contributed by atoms with E-state index in [0.717, 1.165) is 56.9 Å². The molecule has 9 nitrogen and oxygen atoms in total. The van der Waals surface area contributed by atoms with E-state index in [1.54, 1.807) is 30.3 Å². The Kier molecular flexibility index (Phi) is 6.97. The first-order valence-electron chi connectivity index (χ1n) is 12.1. The average molecular weight is 597 g/mol. The fraction of sp³-hybridized carbons (Fsp3) is 0.259. The maximum atomic E-state index is 13.0. The van der Waals surface area contributed by atoms with Crippen LogP contribution in [0.5, 0.6) is 0 Å². The van der Waals surface area contributed by atoms with Crippen molar-refractivity contribution in [3.63, 3.8) is 0 Å². The van der Waals surface area contributed by atoms with Crippen molar-refractivity contribution in [2.75, 3.05) is 11.9 Å². The van der Waals surface area contributed by atoms with Crippen LogP contribution >= 0.6 is 27.3 Å². The number of thiophene rings is 1. The number of aryl methyl sites for hydroxylation is 2. The number of nitrogens with zero attached hydrogens (tertiary/aromatic N) is 2. The Morgan fingerprint density at radius 1 is 1.16 bits per heavy atom. The number of carbonyl (C=O) groups excluding carboxylic acids is 3. The maximum Gasteiger partial charge on any atom is 0.339 e. The van der Waals surface area contributed by atoms with Gasteiger partial charge in [0.25, 0.3) is 5.91 Å². The lowest BCUT2D eigenvalue weighted by atomic mass is 9.95. The van der Waals surface area contributed by atoms with Gasteiger partial charge in [0, 0.05) is 26.4 Å². The zero-order valence-corrected chi connectivity index (χ0v) is 23.2. The van der Waals surface area contributed by atoms with Gasteiger partial charge >= 0.3 is 12.0 Å². The highest BCUT2D eigenvalue weighted by molar-refractivity contribution is 9.10. The Hall–Kier alpha value is -3.70. The first-order valence-corrected chi connectivity index (χ1v) is 13.7. The number of carboxylic acids is 1. The molecule has 4 amide bonds. The van der Waals surface area contributed by atoms with Crippen LogP contribution in [-0.2, 0) is 22.4 Å². The number of carbonyl (C=O) groups is 4. The molecule has 3 N–H and O–H groups in total. The first-order chi connectivity index (χ1) is 18.1. The van der Waals surface area contributed by atoms with Gasteiger partial charge in [0.1, 0.15) is 17.2 Å². The van der Waals surface area contributed by atoms with E-state index in [9.17, 15) is 24.3 Å². The van der Waals surface area contributed by atoms with E-state index in [1.165, 1.54) is 11.3 Å². The van der Waals surface area contributed by atoms with Gasteiger partial charge < -0.3 is 20.3 Å². The lowest BCUT2D eigenvalue weighted by Crippen LogP contribution is -2.38. The van der Waals surface area contributed by atoms with Crippen molar-refractivity contribution in [1.82, 2.24) is 14.8 Å². The Morgan fingerprint density at radius 2 is 1.87 bits per heavy atom. The molecule has 1 aliphatic carbocycles. The molecule has 0 saturated carbocycles. The van der Waals surface area contributed by atoms with Crippen molar-refractivity contribution in [1.29, 1.82) is 0 Å². The molecule has 0 bridgehead atoms. The molecule has 0 atom stereocenters. The summed E-state index contributed by atoms with van der Waals surface area (Å²) in [6.07, 6.45) is 5.23. The number of imide groups is 1. The van der Waals surface area contributed by atoms with Crippen LogP contribution < -0.4 is 10.6 Å². The summed E-state index contributed by atoms with van der Waals surface area (Å²) in [4.78, 5) is 52.2. The van der Waals surface area contributed by atoms with E-state index in [1.807, 2.05) is 24.5 Å². The predicted molar refractivity (Wildman–Crippen MR) is 148 cm³/mol. The molecular weight excluding hydrogens is 572 g/mol. The minimum absolute atomic E-state index is 0.0515. The molecule has 2 aromatic heterocycles. The molecule has 3 aromatic rings. The quantitative estimate of drug-likeness (QED) is 0.272. The van der Waals surface area contributed by atoms with E-state index < -0.39 is 30.4 Å². The van der Waals surface area contributed by atoms with Crippen LogP contribution in [0.2, 0.25) is 0 Å². The van der Waals surface area contributed by atoms with Crippen molar-refractivity contribution in [3.05, 3.63) is 73.5 Å². The monoisotopic (exact) mass is 596 g/mol. The minimum atomic E-state index is -0.943. The van der Waals surface area contributed by atoms with E-state index in [0.29, 0.717) is 21.8 Å². The smallest absolute Gasteiger partial charge is 0.339 e. The highest BCUT2D eigenvalue weighted by Crippen LogP contribution is 2.39. The second-order valence-electron chi connectivity index (χ2n) is 9.29. The number of nitrogens with one attached hydrogen (secondary N) is 2. The van der Waals surface area contributed by atoms with E-state index in [2.05, 4.69) is 26.6 Å². The van der Waals surface area contributed by atoms with Crippen LogP contribution in [0.15, 0.2) is 40.5 Å². The largest absolute Gasteiger partial charge is 0.478 e. The minimum Gasteiger partial charge on any atom is -0.478 e. The number of amides is 4. The van der Waals surface area contributed by atoms with Gasteiger partial charge in [-0.05, 0) is 87.1 Å². The zero-order valence-electron chi connectivity index (χ0n) is 20.8. The SMILES string of the molecule is Cc1cc(/C=C2\NC(=O)N(CC(=O)Nc3ccc(Br)cc3)C2=O)c(C)n1-c1sc2c(c1C(=O)O)CCCC2.